The van der Waals surface area contributed by atoms with Crippen molar-refractivity contribution in [3.8, 4) is 6.07 Å². The van der Waals surface area contributed by atoms with Crippen molar-refractivity contribution in [2.45, 2.75) is 37.5 Å². The molecule has 0 saturated heterocycles. The number of nitrogens with two attached hydrogens (primary N) is 2. The first-order valence-electron chi connectivity index (χ1n) is 10.3. The molecule has 33 heavy (non-hydrogen) atoms. The molecule has 1 aliphatic heterocycles. The minimum Gasteiger partial charge on any atom is -0.384 e. The fourth-order valence-electron chi connectivity index (χ4n) is 4.61. The molecule has 7 nitrogen and oxygen atoms in total. The molecule has 0 saturated carbocycles. The van der Waals surface area contributed by atoms with Crippen LogP contribution in [0.15, 0.2) is 76.1 Å². The number of anilines is 1. The molecule has 9 heteroatoms. The topological polar surface area (TPSA) is 130 Å². The van der Waals surface area contributed by atoms with Gasteiger partial charge < -0.3 is 5.73 Å². The van der Waals surface area contributed by atoms with E-state index in [1.54, 1.807) is 23.1 Å². The van der Waals surface area contributed by atoms with Crippen LogP contribution >= 0.6 is 0 Å². The van der Waals surface area contributed by atoms with E-state index in [1.165, 1.54) is 30.3 Å². The number of benzene rings is 2. The van der Waals surface area contributed by atoms with Gasteiger partial charge in [0.2, 0.25) is 10.0 Å². The molecule has 0 fully saturated rings. The average Bonchev–Trinajstić information content (AvgIpc) is 2.72. The number of nitrogens with zero attached hydrogens (tertiary/aromatic N) is 2. The Balaban J connectivity index is 1.98. The summed E-state index contributed by atoms with van der Waals surface area (Å²) in [5.41, 5.74) is 7.74. The number of primary sulfonamides is 1. The number of rotatable bonds is 3. The van der Waals surface area contributed by atoms with Crippen molar-refractivity contribution in [2.24, 2.45) is 16.3 Å². The van der Waals surface area contributed by atoms with Gasteiger partial charge in [-0.2, -0.15) is 5.26 Å². The predicted molar refractivity (Wildman–Crippen MR) is 121 cm³/mol. The van der Waals surface area contributed by atoms with Crippen LogP contribution in [0.3, 0.4) is 0 Å². The number of ketones is 1. The molecule has 170 valence electrons. The second-order valence-corrected chi connectivity index (χ2v) is 10.6. The van der Waals surface area contributed by atoms with Crippen LogP contribution in [0.5, 0.6) is 0 Å². The summed E-state index contributed by atoms with van der Waals surface area (Å²) in [6, 6.07) is 13.8. The molecule has 2 aromatic rings. The van der Waals surface area contributed by atoms with Gasteiger partial charge in [-0.25, -0.2) is 17.9 Å². The van der Waals surface area contributed by atoms with E-state index in [0.717, 1.165) is 0 Å². The molecule has 0 spiro atoms. The van der Waals surface area contributed by atoms with Crippen LogP contribution in [-0.4, -0.2) is 14.2 Å². The summed E-state index contributed by atoms with van der Waals surface area (Å²) in [6.07, 6.45) is 0.697. The van der Waals surface area contributed by atoms with E-state index in [4.69, 9.17) is 10.9 Å². The Morgan fingerprint density at radius 3 is 2.33 bits per heavy atom. The van der Waals surface area contributed by atoms with Crippen molar-refractivity contribution in [2.75, 3.05) is 4.90 Å². The van der Waals surface area contributed by atoms with Crippen LogP contribution in [0.2, 0.25) is 0 Å². The zero-order chi connectivity index (χ0) is 24.1. The number of hydrogen-bond acceptors (Lipinski definition) is 6. The first-order chi connectivity index (χ1) is 15.4. The number of carbonyl (C=O) groups excluding carboxylic acids is 1. The quantitative estimate of drug-likeness (QED) is 0.713. The predicted octanol–water partition coefficient (Wildman–Crippen LogP) is 3.41. The standard InChI is InChI=1S/C24H23FN4O3S/c1-24(2)11-19-22(20(30)12-24)21(16-5-3-4-6-18(16)25)17(13-26)23(27)29(19)14-7-9-15(10-8-14)33(28,31)32/h3-10,21H,11-12,27H2,1-2H3,(H2,28,31,32). The Labute approximate surface area is 191 Å². The Bertz CT molecular complexity index is 1370. The fourth-order valence-corrected chi connectivity index (χ4v) is 5.12. The lowest BCUT2D eigenvalue weighted by Crippen LogP contribution is -2.42. The van der Waals surface area contributed by atoms with Gasteiger partial charge in [-0.15, -0.1) is 0 Å². The molecule has 2 aromatic carbocycles. The van der Waals surface area contributed by atoms with Gasteiger partial charge in [0.15, 0.2) is 5.78 Å². The SMILES string of the molecule is CC1(C)CC(=O)C2=C(C1)N(c1ccc(S(N)(=O)=O)cc1)C(N)=C(C#N)C2c1ccccc1F. The maximum atomic E-state index is 14.8. The van der Waals surface area contributed by atoms with Crippen LogP contribution in [0.25, 0.3) is 0 Å². The van der Waals surface area contributed by atoms with E-state index in [0.29, 0.717) is 23.4 Å². The third kappa shape index (κ3) is 3.92. The van der Waals surface area contributed by atoms with Crippen LogP contribution in [0, 0.1) is 22.6 Å². The monoisotopic (exact) mass is 466 g/mol. The number of sulfonamides is 1. The van der Waals surface area contributed by atoms with Gasteiger partial charge in [-0.05, 0) is 42.2 Å². The van der Waals surface area contributed by atoms with Crippen molar-refractivity contribution in [3.63, 3.8) is 0 Å². The smallest absolute Gasteiger partial charge is 0.238 e. The molecule has 0 amide bonds. The second kappa shape index (κ2) is 7.83. The summed E-state index contributed by atoms with van der Waals surface area (Å²) >= 11 is 0. The van der Waals surface area contributed by atoms with Crippen LogP contribution in [-0.2, 0) is 14.8 Å². The number of allylic oxidation sites excluding steroid dienone is 3. The van der Waals surface area contributed by atoms with Crippen molar-refractivity contribution < 1.29 is 17.6 Å². The van der Waals surface area contributed by atoms with Crippen molar-refractivity contribution >= 4 is 21.5 Å². The molecule has 0 bridgehead atoms. The first-order valence-corrected chi connectivity index (χ1v) is 11.8. The van der Waals surface area contributed by atoms with E-state index in [2.05, 4.69) is 6.07 Å². The highest BCUT2D eigenvalue weighted by Gasteiger charge is 2.45. The number of Topliss-reactive ketones (excluding diaryl/α,β-unsaturated/α-hetero) is 1. The summed E-state index contributed by atoms with van der Waals surface area (Å²) in [5, 5.41) is 15.2. The number of carbonyl (C=O) groups is 1. The zero-order valence-electron chi connectivity index (χ0n) is 18.2. The van der Waals surface area contributed by atoms with Crippen LogP contribution in [0.1, 0.15) is 38.2 Å². The largest absolute Gasteiger partial charge is 0.384 e. The number of hydrogen-bond donors (Lipinski definition) is 2. The lowest BCUT2D eigenvalue weighted by atomic mass is 9.68. The molecule has 4 rings (SSSR count). The van der Waals surface area contributed by atoms with Crippen LogP contribution in [0.4, 0.5) is 10.1 Å². The molecule has 1 heterocycles. The summed E-state index contributed by atoms with van der Waals surface area (Å²) < 4.78 is 38.2. The highest BCUT2D eigenvalue weighted by molar-refractivity contribution is 7.89. The Morgan fingerprint density at radius 2 is 1.76 bits per heavy atom. The van der Waals surface area contributed by atoms with E-state index < -0.39 is 21.8 Å². The van der Waals surface area contributed by atoms with Gasteiger partial charge in [0.1, 0.15) is 11.6 Å². The van der Waals surface area contributed by atoms with Crippen LogP contribution < -0.4 is 15.8 Å². The van der Waals surface area contributed by atoms with Crippen molar-refractivity contribution in [1.29, 1.82) is 5.26 Å². The van der Waals surface area contributed by atoms with E-state index in [9.17, 15) is 22.9 Å². The Hall–Kier alpha value is -3.48. The first kappa shape index (κ1) is 22.7. The molecule has 1 aliphatic carbocycles. The van der Waals surface area contributed by atoms with Crippen molar-refractivity contribution in [1.82, 2.24) is 0 Å². The molecule has 0 radical (unpaired) electrons. The molecule has 4 N–H and O–H groups in total. The Morgan fingerprint density at radius 1 is 1.12 bits per heavy atom. The van der Waals surface area contributed by atoms with Crippen molar-refractivity contribution in [3.05, 3.63) is 82.6 Å². The average molecular weight is 467 g/mol. The van der Waals surface area contributed by atoms with Gasteiger partial charge >= 0.3 is 0 Å². The second-order valence-electron chi connectivity index (χ2n) is 9.04. The summed E-state index contributed by atoms with van der Waals surface area (Å²) in [4.78, 5) is 14.9. The summed E-state index contributed by atoms with van der Waals surface area (Å²) in [6.45, 7) is 3.91. The summed E-state index contributed by atoms with van der Waals surface area (Å²) in [7, 11) is -3.90. The maximum Gasteiger partial charge on any atom is 0.238 e. The minimum atomic E-state index is -3.90. The van der Waals surface area contributed by atoms with Gasteiger partial charge in [0.05, 0.1) is 22.5 Å². The lowest BCUT2D eigenvalue weighted by molar-refractivity contribution is -0.118. The molecule has 2 aliphatic rings. The van der Waals surface area contributed by atoms with Gasteiger partial charge in [0, 0.05) is 28.9 Å². The number of nitriles is 1. The molecule has 1 unspecified atom stereocenters. The summed E-state index contributed by atoms with van der Waals surface area (Å²) in [5.74, 6) is -1.56. The maximum absolute atomic E-state index is 14.8. The Kier molecular flexibility index (Phi) is 5.39. The highest BCUT2D eigenvalue weighted by Crippen LogP contribution is 2.50. The molecular formula is C24H23FN4O3S. The molecule has 1 atom stereocenters. The molecule has 0 aromatic heterocycles. The number of halogens is 1. The normalized spacial score (nSPS) is 20.5. The minimum absolute atomic E-state index is 0.0578. The van der Waals surface area contributed by atoms with E-state index >= 15 is 0 Å². The zero-order valence-corrected chi connectivity index (χ0v) is 19.0. The lowest BCUT2D eigenvalue weighted by Gasteiger charge is -2.43. The van der Waals surface area contributed by atoms with E-state index in [1.807, 2.05) is 13.8 Å². The fraction of sp³-hybridized carbons (Fsp3) is 0.250. The highest BCUT2D eigenvalue weighted by atomic mass is 32.2. The third-order valence-electron chi connectivity index (χ3n) is 6.02. The van der Waals surface area contributed by atoms with Gasteiger partial charge in [0.25, 0.3) is 0 Å². The van der Waals surface area contributed by atoms with Gasteiger partial charge in [-0.3, -0.25) is 9.69 Å². The third-order valence-corrected chi connectivity index (χ3v) is 6.95. The van der Waals surface area contributed by atoms with E-state index in [-0.39, 0.29) is 39.5 Å². The molecular weight excluding hydrogens is 443 g/mol. The van der Waals surface area contributed by atoms with Gasteiger partial charge in [-0.1, -0.05) is 32.0 Å².